The highest BCUT2D eigenvalue weighted by Crippen LogP contribution is 2.59. The van der Waals surface area contributed by atoms with Crippen LogP contribution in [0, 0.1) is 21.8 Å². The third-order valence-corrected chi connectivity index (χ3v) is 4.83. The maximum absolute atomic E-state index is 14.2. The highest BCUT2D eigenvalue weighted by molar-refractivity contribution is 8.13. The molecule has 9 heteroatoms. The lowest BCUT2D eigenvalue weighted by molar-refractivity contribution is -0.385. The van der Waals surface area contributed by atoms with Crippen LogP contribution in [0.3, 0.4) is 0 Å². The van der Waals surface area contributed by atoms with Crippen LogP contribution in [-0.4, -0.2) is 27.0 Å². The fourth-order valence-corrected chi connectivity index (χ4v) is 3.79. The smallest absolute Gasteiger partial charge is 0.410 e. The SMILES string of the molecule is O=C(O)NC1=N[C@@]2(c3cc([N+](=O)[O-])ccc3F)C[C@H]2CCS1. The van der Waals surface area contributed by atoms with Crippen LogP contribution in [0.2, 0.25) is 0 Å². The number of thioether (sulfide) groups is 1. The molecule has 1 aromatic rings. The molecule has 2 aliphatic rings. The van der Waals surface area contributed by atoms with Gasteiger partial charge in [0, 0.05) is 23.4 Å². The second kappa shape index (κ2) is 5.24. The summed E-state index contributed by atoms with van der Waals surface area (Å²) < 4.78 is 14.2. The van der Waals surface area contributed by atoms with Gasteiger partial charge in [0.05, 0.1) is 10.5 Å². The number of carbonyl (C=O) groups is 1. The topological polar surface area (TPSA) is 105 Å². The lowest BCUT2D eigenvalue weighted by Gasteiger charge is -2.14. The van der Waals surface area contributed by atoms with Crippen LogP contribution in [0.1, 0.15) is 18.4 Å². The Hall–Kier alpha value is -2.16. The van der Waals surface area contributed by atoms with Crippen LogP contribution < -0.4 is 5.32 Å². The van der Waals surface area contributed by atoms with Crippen molar-refractivity contribution < 1.29 is 19.2 Å². The molecule has 1 aliphatic heterocycles. The summed E-state index contributed by atoms with van der Waals surface area (Å²) >= 11 is 1.26. The number of halogens is 1. The maximum Gasteiger partial charge on any atom is 0.410 e. The van der Waals surface area contributed by atoms with Crippen molar-refractivity contribution in [3.8, 4) is 0 Å². The van der Waals surface area contributed by atoms with E-state index in [4.69, 9.17) is 5.11 Å². The summed E-state index contributed by atoms with van der Waals surface area (Å²) in [5.41, 5.74) is -0.924. The molecular formula is C13H12FN3O4S. The van der Waals surface area contributed by atoms with Crippen molar-refractivity contribution in [1.29, 1.82) is 0 Å². The number of aliphatic imine (C=N–C) groups is 1. The predicted octanol–water partition coefficient (Wildman–Crippen LogP) is 2.71. The molecule has 22 heavy (non-hydrogen) atoms. The van der Waals surface area contributed by atoms with Crippen molar-refractivity contribution in [3.05, 3.63) is 39.7 Å². The molecule has 2 N–H and O–H groups in total. The Morgan fingerprint density at radius 2 is 2.36 bits per heavy atom. The average molecular weight is 325 g/mol. The van der Waals surface area contributed by atoms with E-state index in [1.807, 2.05) is 0 Å². The van der Waals surface area contributed by atoms with Crippen LogP contribution in [-0.2, 0) is 5.54 Å². The summed E-state index contributed by atoms with van der Waals surface area (Å²) in [5.74, 6) is 0.185. The molecule has 1 saturated carbocycles. The number of fused-ring (bicyclic) bond motifs is 1. The van der Waals surface area contributed by atoms with E-state index in [0.717, 1.165) is 18.6 Å². The number of nitro benzene ring substituents is 1. The summed E-state index contributed by atoms with van der Waals surface area (Å²) in [7, 11) is 0. The number of amidine groups is 1. The number of carboxylic acid groups (broad SMARTS) is 1. The van der Waals surface area contributed by atoms with Gasteiger partial charge in [-0.1, -0.05) is 11.8 Å². The molecule has 0 spiro atoms. The zero-order valence-electron chi connectivity index (χ0n) is 11.3. The van der Waals surface area contributed by atoms with Crippen LogP contribution >= 0.6 is 11.8 Å². The number of benzene rings is 1. The molecule has 0 bridgehead atoms. The number of nitrogens with zero attached hydrogens (tertiary/aromatic N) is 2. The highest BCUT2D eigenvalue weighted by Gasteiger charge is 2.58. The van der Waals surface area contributed by atoms with E-state index >= 15 is 0 Å². The Bertz CT molecular complexity index is 696. The molecule has 0 unspecified atom stereocenters. The van der Waals surface area contributed by atoms with E-state index in [1.165, 1.54) is 17.8 Å². The average Bonchev–Trinajstić information content (AvgIpc) is 3.12. The molecule has 2 atom stereocenters. The molecule has 7 nitrogen and oxygen atoms in total. The first-order valence-electron chi connectivity index (χ1n) is 6.59. The molecular weight excluding hydrogens is 313 g/mol. The van der Waals surface area contributed by atoms with Crippen molar-refractivity contribution in [3.63, 3.8) is 0 Å². The first kappa shape index (κ1) is 14.8. The van der Waals surface area contributed by atoms with Gasteiger partial charge in [0.15, 0.2) is 5.17 Å². The second-order valence-electron chi connectivity index (χ2n) is 5.23. The van der Waals surface area contributed by atoms with Crippen LogP contribution in [0.25, 0.3) is 0 Å². The zero-order valence-corrected chi connectivity index (χ0v) is 12.1. The van der Waals surface area contributed by atoms with Crippen molar-refractivity contribution in [2.45, 2.75) is 18.4 Å². The Balaban J connectivity index is 2.04. The quantitative estimate of drug-likeness (QED) is 0.642. The van der Waals surface area contributed by atoms with Gasteiger partial charge in [0.25, 0.3) is 5.69 Å². The number of rotatable bonds is 2. The number of hydrogen-bond donors (Lipinski definition) is 2. The van der Waals surface area contributed by atoms with E-state index in [-0.39, 0.29) is 22.3 Å². The Morgan fingerprint density at radius 1 is 1.59 bits per heavy atom. The van der Waals surface area contributed by atoms with Crippen LogP contribution in [0.5, 0.6) is 0 Å². The van der Waals surface area contributed by atoms with Gasteiger partial charge in [-0.15, -0.1) is 0 Å². The normalized spacial score (nSPS) is 26.4. The Morgan fingerprint density at radius 3 is 3.05 bits per heavy atom. The predicted molar refractivity (Wildman–Crippen MR) is 78.5 cm³/mol. The summed E-state index contributed by atoms with van der Waals surface area (Å²) in [6.07, 6.45) is 0.0809. The standard InChI is InChI=1S/C13H12FN3O4S/c14-10-2-1-8(17(20)21)5-9(10)13-6-7(13)3-4-22-11(16-13)15-12(18)19/h1-2,5,7H,3-4,6H2,(H,15,16)(H,18,19)/t7-,13+/m1/s1. The van der Waals surface area contributed by atoms with E-state index in [1.54, 1.807) is 0 Å². The van der Waals surface area contributed by atoms with Gasteiger partial charge in [-0.2, -0.15) is 0 Å². The van der Waals surface area contributed by atoms with Gasteiger partial charge in [0.1, 0.15) is 5.82 Å². The molecule has 1 aliphatic carbocycles. The van der Waals surface area contributed by atoms with Crippen molar-refractivity contribution in [2.24, 2.45) is 10.9 Å². The first-order valence-corrected chi connectivity index (χ1v) is 7.58. The molecule has 1 aromatic carbocycles. The van der Waals surface area contributed by atoms with E-state index in [0.29, 0.717) is 12.2 Å². The van der Waals surface area contributed by atoms with Gasteiger partial charge >= 0.3 is 6.09 Å². The number of nitro groups is 1. The largest absolute Gasteiger partial charge is 0.465 e. The Labute approximate surface area is 128 Å². The van der Waals surface area contributed by atoms with E-state index in [2.05, 4.69) is 10.3 Å². The minimum absolute atomic E-state index is 0.0737. The van der Waals surface area contributed by atoms with Gasteiger partial charge in [0.2, 0.25) is 0 Å². The second-order valence-corrected chi connectivity index (χ2v) is 6.31. The Kier molecular flexibility index (Phi) is 3.51. The monoisotopic (exact) mass is 325 g/mol. The number of nitrogens with one attached hydrogen (secondary N) is 1. The molecule has 1 heterocycles. The number of non-ortho nitro benzene ring substituents is 1. The maximum atomic E-state index is 14.2. The lowest BCUT2D eigenvalue weighted by atomic mass is 10.0. The summed E-state index contributed by atoms with van der Waals surface area (Å²) in [6, 6.07) is 3.38. The lowest BCUT2D eigenvalue weighted by Crippen LogP contribution is -2.28. The van der Waals surface area contributed by atoms with Crippen LogP contribution in [0.4, 0.5) is 14.9 Å². The summed E-state index contributed by atoms with van der Waals surface area (Å²) in [4.78, 5) is 25.5. The van der Waals surface area contributed by atoms with Crippen molar-refractivity contribution in [1.82, 2.24) is 5.32 Å². The summed E-state index contributed by atoms with van der Waals surface area (Å²) in [6.45, 7) is 0. The van der Waals surface area contributed by atoms with Crippen molar-refractivity contribution in [2.75, 3.05) is 5.75 Å². The molecule has 3 rings (SSSR count). The van der Waals surface area contributed by atoms with Crippen molar-refractivity contribution >= 4 is 28.7 Å². The summed E-state index contributed by atoms with van der Waals surface area (Å²) in [5, 5.41) is 22.1. The molecule has 0 saturated heterocycles. The molecule has 0 aromatic heterocycles. The highest BCUT2D eigenvalue weighted by atomic mass is 32.2. The fourth-order valence-electron chi connectivity index (χ4n) is 2.81. The van der Waals surface area contributed by atoms with Gasteiger partial charge < -0.3 is 5.11 Å². The molecule has 116 valence electrons. The fraction of sp³-hybridized carbons (Fsp3) is 0.385. The third-order valence-electron chi connectivity index (χ3n) is 3.92. The minimum Gasteiger partial charge on any atom is -0.465 e. The van der Waals surface area contributed by atoms with Crippen LogP contribution in [0.15, 0.2) is 23.2 Å². The number of hydrogen-bond acceptors (Lipinski definition) is 5. The van der Waals surface area contributed by atoms with Gasteiger partial charge in [-0.25, -0.2) is 9.18 Å². The molecule has 0 radical (unpaired) electrons. The molecule has 1 fully saturated rings. The molecule has 1 amide bonds. The number of amides is 1. The first-order chi connectivity index (χ1) is 10.4. The minimum atomic E-state index is -1.24. The van der Waals surface area contributed by atoms with E-state index < -0.39 is 22.4 Å². The third kappa shape index (κ3) is 2.52. The van der Waals surface area contributed by atoms with E-state index in [9.17, 15) is 19.3 Å². The van der Waals surface area contributed by atoms with Gasteiger partial charge in [-0.3, -0.25) is 20.4 Å². The zero-order chi connectivity index (χ0) is 15.9. The van der Waals surface area contributed by atoms with Gasteiger partial charge in [-0.05, 0) is 24.8 Å².